The van der Waals surface area contributed by atoms with Gasteiger partial charge in [0.05, 0.1) is 5.02 Å². The molecular weight excluding hydrogens is 277 g/mol. The molecule has 4 heteroatoms. The van der Waals surface area contributed by atoms with E-state index in [2.05, 4.69) is 19.2 Å². The van der Waals surface area contributed by atoms with E-state index < -0.39 is 0 Å². The van der Waals surface area contributed by atoms with Gasteiger partial charge in [-0.3, -0.25) is 0 Å². The quantitative estimate of drug-likeness (QED) is 0.843. The Labute approximate surface area is 123 Å². The van der Waals surface area contributed by atoms with Gasteiger partial charge < -0.3 is 10.1 Å². The van der Waals surface area contributed by atoms with Crippen LogP contribution in [0.2, 0.25) is 5.02 Å². The molecule has 2 aromatic carbocycles. The largest absolute Gasteiger partial charge is 0.456 e. The van der Waals surface area contributed by atoms with Gasteiger partial charge in [0.2, 0.25) is 0 Å². The van der Waals surface area contributed by atoms with E-state index in [1.165, 1.54) is 12.1 Å². The summed E-state index contributed by atoms with van der Waals surface area (Å²) < 4.78 is 18.5. The Bertz CT molecular complexity index is 571. The third kappa shape index (κ3) is 3.71. The zero-order chi connectivity index (χ0) is 14.5. The van der Waals surface area contributed by atoms with E-state index in [1.807, 2.05) is 18.2 Å². The van der Waals surface area contributed by atoms with Crippen molar-refractivity contribution in [2.75, 3.05) is 6.54 Å². The lowest BCUT2D eigenvalue weighted by molar-refractivity contribution is 0.480. The van der Waals surface area contributed by atoms with Crippen LogP contribution >= 0.6 is 11.6 Å². The Kier molecular flexibility index (Phi) is 4.99. The minimum absolute atomic E-state index is 0.234. The first kappa shape index (κ1) is 14.8. The second-order valence-corrected chi connectivity index (χ2v) is 4.93. The smallest absolute Gasteiger partial charge is 0.146 e. The van der Waals surface area contributed by atoms with Crippen LogP contribution in [0.3, 0.4) is 0 Å². The molecule has 2 aromatic rings. The van der Waals surface area contributed by atoms with Crippen molar-refractivity contribution in [3.8, 4) is 11.5 Å². The molecule has 2 nitrogen and oxygen atoms in total. The molecule has 20 heavy (non-hydrogen) atoms. The highest BCUT2D eigenvalue weighted by molar-refractivity contribution is 6.32. The maximum Gasteiger partial charge on any atom is 0.146 e. The van der Waals surface area contributed by atoms with E-state index in [4.69, 9.17) is 16.3 Å². The highest BCUT2D eigenvalue weighted by Gasteiger charge is 2.09. The molecule has 0 radical (unpaired) electrons. The summed E-state index contributed by atoms with van der Waals surface area (Å²) in [6.07, 6.45) is 0. The van der Waals surface area contributed by atoms with Gasteiger partial charge in [0.1, 0.15) is 17.3 Å². The van der Waals surface area contributed by atoms with Gasteiger partial charge in [-0.2, -0.15) is 0 Å². The first-order valence-corrected chi connectivity index (χ1v) is 6.94. The third-order valence-electron chi connectivity index (χ3n) is 3.01. The van der Waals surface area contributed by atoms with Crippen molar-refractivity contribution in [2.24, 2.45) is 0 Å². The Balaban J connectivity index is 2.15. The van der Waals surface area contributed by atoms with Crippen LogP contribution in [0.5, 0.6) is 11.5 Å². The maximum absolute atomic E-state index is 12.8. The molecule has 2 rings (SSSR count). The lowest BCUT2D eigenvalue weighted by Gasteiger charge is -2.14. The summed E-state index contributed by atoms with van der Waals surface area (Å²) in [4.78, 5) is 0. The first-order valence-electron chi connectivity index (χ1n) is 6.56. The van der Waals surface area contributed by atoms with Gasteiger partial charge in [0, 0.05) is 6.04 Å². The first-order chi connectivity index (χ1) is 9.60. The number of hydrogen-bond donors (Lipinski definition) is 1. The van der Waals surface area contributed by atoms with E-state index in [0.29, 0.717) is 16.5 Å². The van der Waals surface area contributed by atoms with E-state index in [0.717, 1.165) is 12.1 Å². The lowest BCUT2D eigenvalue weighted by atomic mass is 10.1. The van der Waals surface area contributed by atoms with Gasteiger partial charge in [0.25, 0.3) is 0 Å². The van der Waals surface area contributed by atoms with Crippen LogP contribution in [0.1, 0.15) is 25.5 Å². The Hall–Kier alpha value is -1.58. The van der Waals surface area contributed by atoms with Gasteiger partial charge in [-0.05, 0) is 55.4 Å². The van der Waals surface area contributed by atoms with Crippen molar-refractivity contribution in [1.29, 1.82) is 0 Å². The minimum atomic E-state index is -0.293. The average molecular weight is 294 g/mol. The molecule has 106 valence electrons. The van der Waals surface area contributed by atoms with Gasteiger partial charge in [-0.25, -0.2) is 4.39 Å². The number of ether oxygens (including phenoxy) is 1. The second kappa shape index (κ2) is 6.73. The molecule has 0 amide bonds. The van der Waals surface area contributed by atoms with Crippen molar-refractivity contribution in [3.63, 3.8) is 0 Å². The van der Waals surface area contributed by atoms with Crippen LogP contribution in [-0.4, -0.2) is 6.54 Å². The zero-order valence-electron chi connectivity index (χ0n) is 11.5. The molecule has 0 aliphatic carbocycles. The average Bonchev–Trinajstić information content (AvgIpc) is 2.43. The summed E-state index contributed by atoms with van der Waals surface area (Å²) in [5.41, 5.74) is 1.10. The summed E-state index contributed by atoms with van der Waals surface area (Å²) in [7, 11) is 0. The molecule has 0 aliphatic heterocycles. The third-order valence-corrected chi connectivity index (χ3v) is 3.30. The monoisotopic (exact) mass is 293 g/mol. The lowest BCUT2D eigenvalue weighted by Crippen LogP contribution is -2.17. The van der Waals surface area contributed by atoms with Crippen molar-refractivity contribution >= 4 is 11.6 Å². The molecule has 1 atom stereocenters. The number of nitrogens with one attached hydrogen (secondary N) is 1. The predicted octanol–water partition coefficient (Wildman–Crippen LogP) is 4.94. The Morgan fingerprint density at radius 2 is 1.90 bits per heavy atom. The van der Waals surface area contributed by atoms with Crippen molar-refractivity contribution < 1.29 is 9.13 Å². The molecule has 1 N–H and O–H groups in total. The van der Waals surface area contributed by atoms with Crippen LogP contribution < -0.4 is 10.1 Å². The van der Waals surface area contributed by atoms with E-state index in [1.54, 1.807) is 12.1 Å². The summed E-state index contributed by atoms with van der Waals surface area (Å²) >= 11 is 6.23. The predicted molar refractivity (Wildman–Crippen MR) is 80.0 cm³/mol. The van der Waals surface area contributed by atoms with Crippen LogP contribution in [0.4, 0.5) is 4.39 Å². The van der Waals surface area contributed by atoms with Gasteiger partial charge >= 0.3 is 0 Å². The van der Waals surface area contributed by atoms with E-state index in [-0.39, 0.29) is 11.9 Å². The second-order valence-electron chi connectivity index (χ2n) is 4.53. The number of halogens is 2. The van der Waals surface area contributed by atoms with Crippen molar-refractivity contribution in [1.82, 2.24) is 5.32 Å². The fourth-order valence-electron chi connectivity index (χ4n) is 1.92. The van der Waals surface area contributed by atoms with Crippen molar-refractivity contribution in [2.45, 2.75) is 19.9 Å². The number of hydrogen-bond acceptors (Lipinski definition) is 2. The minimum Gasteiger partial charge on any atom is -0.456 e. The van der Waals surface area contributed by atoms with Gasteiger partial charge in [0.15, 0.2) is 0 Å². The highest BCUT2D eigenvalue weighted by Crippen LogP contribution is 2.31. The molecule has 0 spiro atoms. The van der Waals surface area contributed by atoms with E-state index >= 15 is 0 Å². The standard InChI is InChI=1S/C16H17ClFNO/c1-3-19-11(2)12-4-9-16(15(17)10-12)20-14-7-5-13(18)6-8-14/h4-11,19H,3H2,1-2H3. The molecule has 0 heterocycles. The summed E-state index contributed by atoms with van der Waals surface area (Å²) in [5.74, 6) is 0.824. The number of rotatable bonds is 5. The summed E-state index contributed by atoms with van der Waals surface area (Å²) in [6.45, 7) is 5.03. The molecule has 0 saturated heterocycles. The molecular formula is C16H17ClFNO. The van der Waals surface area contributed by atoms with Gasteiger partial charge in [-0.1, -0.05) is 24.6 Å². The SMILES string of the molecule is CCNC(C)c1ccc(Oc2ccc(F)cc2)c(Cl)c1. The van der Waals surface area contributed by atoms with Crippen LogP contribution in [0, 0.1) is 5.82 Å². The molecule has 1 unspecified atom stereocenters. The zero-order valence-corrected chi connectivity index (χ0v) is 12.2. The molecule has 0 saturated carbocycles. The fourth-order valence-corrected chi connectivity index (χ4v) is 2.15. The topological polar surface area (TPSA) is 21.3 Å². The Morgan fingerprint density at radius 3 is 2.50 bits per heavy atom. The normalized spacial score (nSPS) is 12.2. The summed E-state index contributed by atoms with van der Waals surface area (Å²) in [5, 5.41) is 3.86. The molecule has 0 aliphatic rings. The summed E-state index contributed by atoms with van der Waals surface area (Å²) in [6, 6.07) is 11.8. The Morgan fingerprint density at radius 1 is 1.20 bits per heavy atom. The van der Waals surface area contributed by atoms with Crippen molar-refractivity contribution in [3.05, 3.63) is 58.9 Å². The molecule has 0 aromatic heterocycles. The fraction of sp³-hybridized carbons (Fsp3) is 0.250. The van der Waals surface area contributed by atoms with Crippen LogP contribution in [0.15, 0.2) is 42.5 Å². The highest BCUT2D eigenvalue weighted by atomic mass is 35.5. The van der Waals surface area contributed by atoms with Crippen LogP contribution in [-0.2, 0) is 0 Å². The maximum atomic E-state index is 12.8. The van der Waals surface area contributed by atoms with Crippen LogP contribution in [0.25, 0.3) is 0 Å². The molecule has 0 fully saturated rings. The van der Waals surface area contributed by atoms with E-state index in [9.17, 15) is 4.39 Å². The van der Waals surface area contributed by atoms with Gasteiger partial charge in [-0.15, -0.1) is 0 Å². The molecule has 0 bridgehead atoms. The number of benzene rings is 2.